The molecule has 2 aromatic rings. The number of nitrogens with zero attached hydrogens (tertiary/aromatic N) is 3. The van der Waals surface area contributed by atoms with E-state index in [-0.39, 0.29) is 11.4 Å². The Morgan fingerprint density at radius 3 is 3.00 bits per heavy atom. The zero-order valence-corrected chi connectivity index (χ0v) is 7.38. The van der Waals surface area contributed by atoms with Crippen molar-refractivity contribution in [2.24, 2.45) is 0 Å². The lowest BCUT2D eigenvalue weighted by Gasteiger charge is -2.04. The van der Waals surface area contributed by atoms with Crippen LogP contribution in [-0.4, -0.2) is 21.2 Å². The van der Waals surface area contributed by atoms with Gasteiger partial charge in [0, 0.05) is 18.0 Å². The van der Waals surface area contributed by atoms with Crippen LogP contribution in [0.5, 0.6) is 0 Å². The average molecular weight is 205 g/mol. The molecule has 76 valence electrons. The first-order chi connectivity index (χ1) is 7.33. The molecule has 7 heteroatoms. The van der Waals surface area contributed by atoms with E-state index in [4.69, 9.17) is 0 Å². The zero-order chi connectivity index (χ0) is 10.7. The molecule has 0 bridgehead atoms. The SMILES string of the molecule is O=C(N[O-])c1nonc1-c1cccnc1. The van der Waals surface area contributed by atoms with Crippen LogP contribution in [0.15, 0.2) is 29.2 Å². The van der Waals surface area contributed by atoms with Crippen molar-refractivity contribution in [2.45, 2.75) is 0 Å². The lowest BCUT2D eigenvalue weighted by atomic mass is 10.1. The van der Waals surface area contributed by atoms with Gasteiger partial charge in [0.25, 0.3) is 5.91 Å². The number of nitrogens with one attached hydrogen (secondary N) is 1. The Labute approximate surface area is 83.7 Å². The molecular formula is C8H5N4O3-. The fraction of sp³-hybridized carbons (Fsp3) is 0. The third-order valence-corrected chi connectivity index (χ3v) is 1.73. The number of rotatable bonds is 2. The Kier molecular flexibility index (Phi) is 2.38. The molecule has 0 aromatic carbocycles. The maximum absolute atomic E-state index is 11.1. The number of hydrogen-bond donors (Lipinski definition) is 1. The van der Waals surface area contributed by atoms with Gasteiger partial charge >= 0.3 is 0 Å². The third-order valence-electron chi connectivity index (χ3n) is 1.73. The highest BCUT2D eigenvalue weighted by Crippen LogP contribution is 2.18. The molecule has 2 heterocycles. The summed E-state index contributed by atoms with van der Waals surface area (Å²) in [6.45, 7) is 0. The first kappa shape index (κ1) is 9.28. The van der Waals surface area contributed by atoms with Crippen molar-refractivity contribution in [1.29, 1.82) is 0 Å². The molecular weight excluding hydrogens is 200 g/mol. The monoisotopic (exact) mass is 205 g/mol. The number of aromatic nitrogens is 3. The Morgan fingerprint density at radius 1 is 1.47 bits per heavy atom. The zero-order valence-electron chi connectivity index (χ0n) is 7.38. The number of pyridine rings is 1. The van der Waals surface area contributed by atoms with Gasteiger partial charge < -0.3 is 10.7 Å². The van der Waals surface area contributed by atoms with Crippen LogP contribution in [-0.2, 0) is 0 Å². The fourth-order valence-corrected chi connectivity index (χ4v) is 1.08. The predicted molar refractivity (Wildman–Crippen MR) is 48.4 cm³/mol. The largest absolute Gasteiger partial charge is 0.759 e. The van der Waals surface area contributed by atoms with E-state index in [0.29, 0.717) is 5.56 Å². The molecule has 2 aromatic heterocycles. The van der Waals surface area contributed by atoms with Gasteiger partial charge in [0.2, 0.25) is 0 Å². The number of hydroxylamine groups is 1. The summed E-state index contributed by atoms with van der Waals surface area (Å²) in [6, 6.07) is 3.34. The van der Waals surface area contributed by atoms with Gasteiger partial charge in [0.1, 0.15) is 5.69 Å². The Balaban J connectivity index is 2.46. The summed E-state index contributed by atoms with van der Waals surface area (Å²) in [6.07, 6.45) is 3.06. The van der Waals surface area contributed by atoms with Gasteiger partial charge in [-0.2, -0.15) is 0 Å². The van der Waals surface area contributed by atoms with E-state index in [1.807, 2.05) is 0 Å². The number of hydrogen-bond acceptors (Lipinski definition) is 6. The minimum Gasteiger partial charge on any atom is -0.759 e. The molecule has 0 fully saturated rings. The topological polar surface area (TPSA) is 104 Å². The first-order valence-electron chi connectivity index (χ1n) is 3.98. The van der Waals surface area contributed by atoms with E-state index in [0.717, 1.165) is 0 Å². The van der Waals surface area contributed by atoms with E-state index in [1.165, 1.54) is 11.7 Å². The quantitative estimate of drug-likeness (QED) is 0.709. The summed E-state index contributed by atoms with van der Waals surface area (Å²) in [5, 5.41) is 17.1. The van der Waals surface area contributed by atoms with Crippen LogP contribution < -0.4 is 5.48 Å². The Morgan fingerprint density at radius 2 is 2.33 bits per heavy atom. The normalized spacial score (nSPS) is 9.93. The third kappa shape index (κ3) is 1.67. The average Bonchev–Trinajstić information content (AvgIpc) is 2.78. The van der Waals surface area contributed by atoms with Crippen molar-refractivity contribution in [3.05, 3.63) is 35.4 Å². The van der Waals surface area contributed by atoms with Crippen LogP contribution in [0.1, 0.15) is 10.5 Å². The van der Waals surface area contributed by atoms with Gasteiger partial charge in [-0.1, -0.05) is 0 Å². The van der Waals surface area contributed by atoms with Crippen molar-refractivity contribution >= 4 is 5.91 Å². The van der Waals surface area contributed by atoms with Crippen molar-refractivity contribution in [2.75, 3.05) is 0 Å². The standard InChI is InChI=1S/C8H5N4O3/c13-8(10-14)7-6(11-15-12-7)5-2-1-3-9-4-5/h1-4H,(H-,10,11,12,13,14)/q-1. The van der Waals surface area contributed by atoms with Gasteiger partial charge in [0.05, 0.1) is 0 Å². The second-order valence-corrected chi connectivity index (χ2v) is 2.63. The molecule has 0 aliphatic heterocycles. The fourth-order valence-electron chi connectivity index (χ4n) is 1.08. The lowest BCUT2D eigenvalue weighted by Crippen LogP contribution is -2.17. The molecule has 0 atom stereocenters. The highest BCUT2D eigenvalue weighted by atomic mass is 16.6. The molecule has 0 saturated carbocycles. The molecule has 0 aliphatic rings. The molecule has 7 nitrogen and oxygen atoms in total. The molecule has 0 radical (unpaired) electrons. The molecule has 0 unspecified atom stereocenters. The second-order valence-electron chi connectivity index (χ2n) is 2.63. The van der Waals surface area contributed by atoms with Crippen molar-refractivity contribution in [3.8, 4) is 11.3 Å². The van der Waals surface area contributed by atoms with E-state index < -0.39 is 5.91 Å². The van der Waals surface area contributed by atoms with Gasteiger partial charge in [-0.25, -0.2) is 4.63 Å². The summed E-state index contributed by atoms with van der Waals surface area (Å²) in [5.41, 5.74) is 1.80. The van der Waals surface area contributed by atoms with Crippen LogP contribution in [0.3, 0.4) is 0 Å². The van der Waals surface area contributed by atoms with Crippen LogP contribution in [0.25, 0.3) is 11.3 Å². The molecule has 15 heavy (non-hydrogen) atoms. The maximum atomic E-state index is 11.1. The summed E-state index contributed by atoms with van der Waals surface area (Å²) in [5.74, 6) is -0.893. The van der Waals surface area contributed by atoms with E-state index in [1.54, 1.807) is 18.3 Å². The van der Waals surface area contributed by atoms with Crippen LogP contribution >= 0.6 is 0 Å². The molecule has 2 rings (SSSR count). The maximum Gasteiger partial charge on any atom is 0.265 e. The molecule has 0 spiro atoms. The molecule has 1 N–H and O–H groups in total. The molecule has 0 saturated heterocycles. The van der Waals surface area contributed by atoms with E-state index in [9.17, 15) is 10.0 Å². The number of carbonyl (C=O) groups is 1. The van der Waals surface area contributed by atoms with E-state index >= 15 is 0 Å². The van der Waals surface area contributed by atoms with Crippen LogP contribution in [0.4, 0.5) is 0 Å². The van der Waals surface area contributed by atoms with Gasteiger partial charge in [-0.05, 0) is 22.4 Å². The van der Waals surface area contributed by atoms with Crippen LogP contribution in [0.2, 0.25) is 0 Å². The number of amides is 1. The van der Waals surface area contributed by atoms with Gasteiger partial charge in [-0.3, -0.25) is 9.78 Å². The second kappa shape index (κ2) is 3.84. The first-order valence-corrected chi connectivity index (χ1v) is 3.98. The summed E-state index contributed by atoms with van der Waals surface area (Å²) in [4.78, 5) is 14.9. The minimum absolute atomic E-state index is 0.155. The van der Waals surface area contributed by atoms with Gasteiger partial charge in [-0.15, -0.1) is 0 Å². The highest BCUT2D eigenvalue weighted by molar-refractivity contribution is 5.97. The summed E-state index contributed by atoms with van der Waals surface area (Å²) < 4.78 is 4.40. The van der Waals surface area contributed by atoms with Crippen molar-refractivity contribution in [3.63, 3.8) is 0 Å². The van der Waals surface area contributed by atoms with Crippen molar-refractivity contribution in [1.82, 2.24) is 20.8 Å². The lowest BCUT2D eigenvalue weighted by molar-refractivity contribution is 0.0961. The summed E-state index contributed by atoms with van der Waals surface area (Å²) >= 11 is 0. The predicted octanol–water partition coefficient (Wildman–Crippen LogP) is 0.359. The number of carbonyl (C=O) groups excluding carboxylic acids is 1. The molecule has 0 aliphatic carbocycles. The van der Waals surface area contributed by atoms with Crippen LogP contribution in [0, 0.1) is 5.21 Å². The Hall–Kier alpha value is -2.28. The van der Waals surface area contributed by atoms with E-state index in [2.05, 4.69) is 19.9 Å². The van der Waals surface area contributed by atoms with Crippen molar-refractivity contribution < 1.29 is 9.42 Å². The smallest absolute Gasteiger partial charge is 0.265 e. The highest BCUT2D eigenvalue weighted by Gasteiger charge is 2.17. The minimum atomic E-state index is -0.893. The van der Waals surface area contributed by atoms with Gasteiger partial charge in [0.15, 0.2) is 5.69 Å². The summed E-state index contributed by atoms with van der Waals surface area (Å²) in [7, 11) is 0. The molecule has 1 amide bonds. The Bertz CT molecular complexity index is 468.